The van der Waals surface area contributed by atoms with Crippen LogP contribution in [0, 0.1) is 5.92 Å². The fourth-order valence-corrected chi connectivity index (χ4v) is 2.08. The first-order valence-corrected chi connectivity index (χ1v) is 7.80. The van der Waals surface area contributed by atoms with Crippen molar-refractivity contribution < 1.29 is 9.53 Å². The summed E-state index contributed by atoms with van der Waals surface area (Å²) in [5.74, 6) is 1.61. The van der Waals surface area contributed by atoms with Crippen LogP contribution >= 0.6 is 0 Å². The Morgan fingerprint density at radius 2 is 2.00 bits per heavy atom. The minimum Gasteiger partial charge on any atom is -0.466 e. The average Bonchev–Trinajstić information content (AvgIpc) is 3.12. The van der Waals surface area contributed by atoms with Gasteiger partial charge in [-0.2, -0.15) is 0 Å². The molecule has 0 spiro atoms. The highest BCUT2D eigenvalue weighted by Gasteiger charge is 2.32. The van der Waals surface area contributed by atoms with Gasteiger partial charge in [0.25, 0.3) is 0 Å². The number of nitrogens with zero attached hydrogens (tertiary/aromatic N) is 1. The predicted octanol–water partition coefficient (Wildman–Crippen LogP) is 2.07. The zero-order valence-electron chi connectivity index (χ0n) is 13.1. The number of aliphatic imine (C=N–C) groups is 1. The number of esters is 1. The minimum atomic E-state index is -0.0752. The molecule has 0 heterocycles. The van der Waals surface area contributed by atoms with Crippen LogP contribution in [0.25, 0.3) is 0 Å². The van der Waals surface area contributed by atoms with E-state index in [1.165, 1.54) is 6.42 Å². The van der Waals surface area contributed by atoms with Gasteiger partial charge >= 0.3 is 5.97 Å². The highest BCUT2D eigenvalue weighted by atomic mass is 16.5. The van der Waals surface area contributed by atoms with Gasteiger partial charge in [0, 0.05) is 26.1 Å². The molecule has 2 atom stereocenters. The van der Waals surface area contributed by atoms with Crippen LogP contribution in [0.1, 0.15) is 52.4 Å². The van der Waals surface area contributed by atoms with Crippen molar-refractivity contribution in [3.05, 3.63) is 0 Å². The number of unbranched alkanes of at least 4 members (excludes halogenated alkanes) is 3. The summed E-state index contributed by atoms with van der Waals surface area (Å²) in [6.45, 7) is 5.50. The molecule has 5 nitrogen and oxygen atoms in total. The summed E-state index contributed by atoms with van der Waals surface area (Å²) in [6.07, 6.45) is 6.02. The second-order valence-corrected chi connectivity index (χ2v) is 5.43. The van der Waals surface area contributed by atoms with Crippen molar-refractivity contribution >= 4 is 11.9 Å². The number of rotatable bonds is 9. The van der Waals surface area contributed by atoms with Crippen molar-refractivity contribution in [2.75, 3.05) is 20.2 Å². The fourth-order valence-electron chi connectivity index (χ4n) is 2.08. The van der Waals surface area contributed by atoms with E-state index >= 15 is 0 Å². The zero-order valence-corrected chi connectivity index (χ0v) is 13.1. The molecule has 2 N–H and O–H groups in total. The Morgan fingerprint density at radius 1 is 1.30 bits per heavy atom. The molecule has 1 fully saturated rings. The van der Waals surface area contributed by atoms with Crippen LogP contribution in [-0.4, -0.2) is 38.2 Å². The van der Waals surface area contributed by atoms with Crippen LogP contribution in [0.5, 0.6) is 0 Å². The number of nitrogens with one attached hydrogen (secondary N) is 2. The molecule has 1 aliphatic carbocycles. The molecule has 1 saturated carbocycles. The van der Waals surface area contributed by atoms with E-state index in [2.05, 4.69) is 22.5 Å². The second-order valence-electron chi connectivity index (χ2n) is 5.43. The summed E-state index contributed by atoms with van der Waals surface area (Å²) in [6, 6.07) is 0.603. The third-order valence-corrected chi connectivity index (χ3v) is 3.56. The maximum atomic E-state index is 11.1. The first kappa shape index (κ1) is 16.8. The van der Waals surface area contributed by atoms with E-state index in [4.69, 9.17) is 4.74 Å². The Morgan fingerprint density at radius 3 is 2.60 bits per heavy atom. The molecule has 0 aromatic heterocycles. The quantitative estimate of drug-likeness (QED) is 0.294. The number of hydrogen-bond acceptors (Lipinski definition) is 3. The molecule has 116 valence electrons. The maximum Gasteiger partial charge on any atom is 0.305 e. The lowest BCUT2D eigenvalue weighted by Crippen LogP contribution is -2.39. The van der Waals surface area contributed by atoms with Crippen molar-refractivity contribution in [1.29, 1.82) is 0 Å². The molecule has 0 saturated heterocycles. The van der Waals surface area contributed by atoms with Gasteiger partial charge in [-0.3, -0.25) is 9.79 Å². The van der Waals surface area contributed by atoms with Crippen molar-refractivity contribution in [2.24, 2.45) is 10.9 Å². The summed E-state index contributed by atoms with van der Waals surface area (Å²) < 4.78 is 4.89. The first-order chi connectivity index (χ1) is 9.67. The molecule has 0 aromatic rings. The average molecular weight is 283 g/mol. The number of carbonyl (C=O) groups is 1. The van der Waals surface area contributed by atoms with Gasteiger partial charge in [-0.25, -0.2) is 0 Å². The molecule has 20 heavy (non-hydrogen) atoms. The lowest BCUT2D eigenvalue weighted by atomic mass is 10.1. The van der Waals surface area contributed by atoms with E-state index in [-0.39, 0.29) is 5.97 Å². The highest BCUT2D eigenvalue weighted by molar-refractivity contribution is 5.80. The second kappa shape index (κ2) is 9.61. The van der Waals surface area contributed by atoms with Gasteiger partial charge in [0.2, 0.25) is 0 Å². The molecular weight excluding hydrogens is 254 g/mol. The standard InChI is InChI=1S/C15H29N3O2/c1-4-20-14(19)9-7-5-6-8-10-17-15(16-3)18-13-11-12(13)2/h12-13H,4-11H2,1-3H3,(H2,16,17,18). The van der Waals surface area contributed by atoms with Crippen molar-refractivity contribution in [3.8, 4) is 0 Å². The third kappa shape index (κ3) is 7.36. The van der Waals surface area contributed by atoms with Crippen LogP contribution in [0.2, 0.25) is 0 Å². The fraction of sp³-hybridized carbons (Fsp3) is 0.867. The van der Waals surface area contributed by atoms with Crippen molar-refractivity contribution in [2.45, 2.75) is 58.4 Å². The predicted molar refractivity (Wildman–Crippen MR) is 81.8 cm³/mol. The number of ether oxygens (including phenoxy) is 1. The molecule has 0 radical (unpaired) electrons. The van der Waals surface area contributed by atoms with Gasteiger partial charge < -0.3 is 15.4 Å². The summed E-state index contributed by atoms with van der Waals surface area (Å²) in [5, 5.41) is 6.73. The Kier molecular flexibility index (Phi) is 8.07. The Labute approximate surface area is 122 Å². The highest BCUT2D eigenvalue weighted by Crippen LogP contribution is 2.28. The van der Waals surface area contributed by atoms with E-state index in [0.717, 1.165) is 44.1 Å². The number of guanidine groups is 1. The maximum absolute atomic E-state index is 11.1. The SMILES string of the molecule is CCOC(=O)CCCCCCNC(=NC)NC1CC1C. The van der Waals surface area contributed by atoms with Crippen LogP contribution in [0.3, 0.4) is 0 Å². The lowest BCUT2D eigenvalue weighted by Gasteiger charge is -2.11. The Balaban J connectivity index is 1.92. The lowest BCUT2D eigenvalue weighted by molar-refractivity contribution is -0.143. The monoisotopic (exact) mass is 283 g/mol. The smallest absolute Gasteiger partial charge is 0.305 e. The molecule has 2 unspecified atom stereocenters. The summed E-state index contributed by atoms with van der Waals surface area (Å²) in [4.78, 5) is 15.4. The number of hydrogen-bond donors (Lipinski definition) is 2. The van der Waals surface area contributed by atoms with Gasteiger partial charge in [0.05, 0.1) is 6.61 Å². The summed E-state index contributed by atoms with van der Waals surface area (Å²) in [5.41, 5.74) is 0. The topological polar surface area (TPSA) is 62.7 Å². The van der Waals surface area contributed by atoms with Gasteiger partial charge in [0.1, 0.15) is 0 Å². The molecular formula is C15H29N3O2. The molecule has 0 aliphatic heterocycles. The largest absolute Gasteiger partial charge is 0.466 e. The summed E-state index contributed by atoms with van der Waals surface area (Å²) in [7, 11) is 1.81. The summed E-state index contributed by atoms with van der Waals surface area (Å²) >= 11 is 0. The van der Waals surface area contributed by atoms with E-state index in [1.54, 1.807) is 0 Å². The normalized spacial score (nSPS) is 21.4. The van der Waals surface area contributed by atoms with Gasteiger partial charge in [0.15, 0.2) is 5.96 Å². The Bertz CT molecular complexity index is 318. The Hall–Kier alpha value is -1.26. The van der Waals surface area contributed by atoms with Gasteiger partial charge in [-0.15, -0.1) is 0 Å². The van der Waals surface area contributed by atoms with Gasteiger partial charge in [-0.05, 0) is 32.1 Å². The van der Waals surface area contributed by atoms with Crippen molar-refractivity contribution in [3.63, 3.8) is 0 Å². The van der Waals surface area contributed by atoms with Crippen LogP contribution in [-0.2, 0) is 9.53 Å². The molecule has 0 amide bonds. The van der Waals surface area contributed by atoms with E-state index < -0.39 is 0 Å². The van der Waals surface area contributed by atoms with Gasteiger partial charge in [-0.1, -0.05) is 19.8 Å². The van der Waals surface area contributed by atoms with Crippen LogP contribution in [0.15, 0.2) is 4.99 Å². The zero-order chi connectivity index (χ0) is 14.8. The van der Waals surface area contributed by atoms with E-state index in [1.807, 2.05) is 14.0 Å². The molecule has 1 aliphatic rings. The molecule has 0 bridgehead atoms. The molecule has 1 rings (SSSR count). The third-order valence-electron chi connectivity index (χ3n) is 3.56. The number of carbonyl (C=O) groups excluding carboxylic acids is 1. The van der Waals surface area contributed by atoms with Crippen molar-refractivity contribution in [1.82, 2.24) is 10.6 Å². The van der Waals surface area contributed by atoms with Crippen LogP contribution in [0.4, 0.5) is 0 Å². The van der Waals surface area contributed by atoms with E-state index in [9.17, 15) is 4.79 Å². The van der Waals surface area contributed by atoms with Crippen LogP contribution < -0.4 is 10.6 Å². The molecule has 0 aromatic carbocycles. The molecule has 5 heteroatoms. The minimum absolute atomic E-state index is 0.0752. The first-order valence-electron chi connectivity index (χ1n) is 7.80. The van der Waals surface area contributed by atoms with E-state index in [0.29, 0.717) is 19.1 Å².